The molecule has 2 heterocycles. The standard InChI is InChI=1S/C16H25NO2/c1-3-5-15-11-16(18,8-9-19-15)10-14-7-6-13(4-2)12-17-14/h6-7,12,15,18H,3-5,8-11H2,1-2H3. The molecule has 106 valence electrons. The Labute approximate surface area is 116 Å². The predicted molar refractivity (Wildman–Crippen MR) is 76.2 cm³/mol. The maximum atomic E-state index is 10.7. The summed E-state index contributed by atoms with van der Waals surface area (Å²) in [5.74, 6) is 0. The van der Waals surface area contributed by atoms with Crippen LogP contribution in [0.15, 0.2) is 18.3 Å². The fourth-order valence-electron chi connectivity index (χ4n) is 2.77. The first-order chi connectivity index (χ1) is 9.15. The van der Waals surface area contributed by atoms with Gasteiger partial charge in [-0.2, -0.15) is 0 Å². The highest BCUT2D eigenvalue weighted by Crippen LogP contribution is 2.29. The van der Waals surface area contributed by atoms with Gasteiger partial charge in [-0.05, 0) is 30.9 Å². The Morgan fingerprint density at radius 3 is 2.89 bits per heavy atom. The highest BCUT2D eigenvalue weighted by atomic mass is 16.5. The van der Waals surface area contributed by atoms with E-state index in [9.17, 15) is 5.11 Å². The van der Waals surface area contributed by atoms with Gasteiger partial charge < -0.3 is 9.84 Å². The van der Waals surface area contributed by atoms with Crippen LogP contribution in [0.4, 0.5) is 0 Å². The average molecular weight is 263 g/mol. The predicted octanol–water partition coefficient (Wildman–Crippen LogP) is 2.90. The van der Waals surface area contributed by atoms with Crippen LogP contribution in [-0.2, 0) is 17.6 Å². The van der Waals surface area contributed by atoms with Gasteiger partial charge in [0.25, 0.3) is 0 Å². The third-order valence-corrected chi connectivity index (χ3v) is 3.94. The second-order valence-corrected chi connectivity index (χ2v) is 5.65. The van der Waals surface area contributed by atoms with Crippen molar-refractivity contribution < 1.29 is 9.84 Å². The maximum Gasteiger partial charge on any atom is 0.0749 e. The Morgan fingerprint density at radius 2 is 2.26 bits per heavy atom. The summed E-state index contributed by atoms with van der Waals surface area (Å²) in [4.78, 5) is 4.46. The lowest BCUT2D eigenvalue weighted by Gasteiger charge is -2.36. The monoisotopic (exact) mass is 263 g/mol. The molecule has 2 rings (SSSR count). The molecule has 0 bridgehead atoms. The van der Waals surface area contributed by atoms with Gasteiger partial charge in [-0.1, -0.05) is 26.3 Å². The Morgan fingerprint density at radius 1 is 1.42 bits per heavy atom. The molecule has 3 heteroatoms. The first-order valence-corrected chi connectivity index (χ1v) is 7.43. The molecule has 0 amide bonds. The minimum Gasteiger partial charge on any atom is -0.389 e. The number of hydrogen-bond acceptors (Lipinski definition) is 3. The lowest BCUT2D eigenvalue weighted by atomic mass is 9.85. The van der Waals surface area contributed by atoms with Crippen molar-refractivity contribution in [2.75, 3.05) is 6.61 Å². The third kappa shape index (κ3) is 4.02. The zero-order valence-corrected chi connectivity index (χ0v) is 12.1. The third-order valence-electron chi connectivity index (χ3n) is 3.94. The lowest BCUT2D eigenvalue weighted by Crippen LogP contribution is -2.42. The number of ether oxygens (including phenoxy) is 1. The van der Waals surface area contributed by atoms with E-state index in [0.29, 0.717) is 19.4 Å². The van der Waals surface area contributed by atoms with Gasteiger partial charge in [-0.15, -0.1) is 0 Å². The van der Waals surface area contributed by atoms with E-state index < -0.39 is 5.60 Å². The summed E-state index contributed by atoms with van der Waals surface area (Å²) >= 11 is 0. The molecule has 3 nitrogen and oxygen atoms in total. The second kappa shape index (κ2) is 6.49. The Balaban J connectivity index is 1.99. The van der Waals surface area contributed by atoms with Gasteiger partial charge in [0.15, 0.2) is 0 Å². The fraction of sp³-hybridized carbons (Fsp3) is 0.688. The number of aryl methyl sites for hydroxylation is 1. The van der Waals surface area contributed by atoms with Crippen LogP contribution in [0.2, 0.25) is 0 Å². The first kappa shape index (κ1) is 14.5. The number of rotatable bonds is 5. The van der Waals surface area contributed by atoms with Crippen molar-refractivity contribution in [2.24, 2.45) is 0 Å². The normalized spacial score (nSPS) is 27.4. The molecule has 1 aromatic heterocycles. The minimum absolute atomic E-state index is 0.207. The molecule has 1 N–H and O–H groups in total. The van der Waals surface area contributed by atoms with E-state index in [0.717, 1.165) is 31.4 Å². The van der Waals surface area contributed by atoms with Gasteiger partial charge in [0.05, 0.1) is 11.7 Å². The topological polar surface area (TPSA) is 42.4 Å². The van der Waals surface area contributed by atoms with Crippen molar-refractivity contribution in [1.82, 2.24) is 4.98 Å². The second-order valence-electron chi connectivity index (χ2n) is 5.65. The highest BCUT2D eigenvalue weighted by Gasteiger charge is 2.35. The molecule has 0 aromatic carbocycles. The molecular weight excluding hydrogens is 238 g/mol. The Bertz CT molecular complexity index is 388. The Kier molecular flexibility index (Phi) is 4.94. The van der Waals surface area contributed by atoms with Crippen molar-refractivity contribution in [3.8, 4) is 0 Å². The van der Waals surface area contributed by atoms with Crippen LogP contribution < -0.4 is 0 Å². The van der Waals surface area contributed by atoms with Crippen LogP contribution in [0.5, 0.6) is 0 Å². The van der Waals surface area contributed by atoms with Crippen LogP contribution >= 0.6 is 0 Å². The molecule has 0 aliphatic carbocycles. The van der Waals surface area contributed by atoms with Crippen LogP contribution in [0.25, 0.3) is 0 Å². The number of aromatic nitrogens is 1. The van der Waals surface area contributed by atoms with Crippen LogP contribution in [-0.4, -0.2) is 28.4 Å². The Hall–Kier alpha value is -0.930. The highest BCUT2D eigenvalue weighted by molar-refractivity contribution is 5.15. The maximum absolute atomic E-state index is 10.7. The minimum atomic E-state index is -0.640. The quantitative estimate of drug-likeness (QED) is 0.888. The summed E-state index contributed by atoms with van der Waals surface area (Å²) in [5, 5.41) is 10.7. The molecule has 19 heavy (non-hydrogen) atoms. The molecule has 1 fully saturated rings. The largest absolute Gasteiger partial charge is 0.389 e. The molecule has 0 saturated carbocycles. The molecular formula is C16H25NO2. The molecule has 2 atom stereocenters. The number of hydrogen-bond donors (Lipinski definition) is 1. The van der Waals surface area contributed by atoms with E-state index in [4.69, 9.17) is 4.74 Å². The van der Waals surface area contributed by atoms with E-state index in [1.165, 1.54) is 5.56 Å². The summed E-state index contributed by atoms with van der Waals surface area (Å²) < 4.78 is 5.71. The molecule has 1 saturated heterocycles. The molecule has 0 spiro atoms. The van der Waals surface area contributed by atoms with Crippen molar-refractivity contribution in [3.05, 3.63) is 29.6 Å². The number of pyridine rings is 1. The zero-order chi connectivity index (χ0) is 13.7. The van der Waals surface area contributed by atoms with Gasteiger partial charge in [-0.25, -0.2) is 0 Å². The lowest BCUT2D eigenvalue weighted by molar-refractivity contribution is -0.105. The molecule has 1 aliphatic rings. The van der Waals surface area contributed by atoms with Crippen LogP contribution in [0.1, 0.15) is 50.8 Å². The first-order valence-electron chi connectivity index (χ1n) is 7.43. The van der Waals surface area contributed by atoms with Gasteiger partial charge in [0.2, 0.25) is 0 Å². The molecule has 1 aromatic rings. The van der Waals surface area contributed by atoms with Gasteiger partial charge >= 0.3 is 0 Å². The van der Waals surface area contributed by atoms with E-state index in [-0.39, 0.29) is 6.10 Å². The summed E-state index contributed by atoms with van der Waals surface area (Å²) in [7, 11) is 0. The van der Waals surface area contributed by atoms with E-state index in [2.05, 4.69) is 24.9 Å². The smallest absolute Gasteiger partial charge is 0.0749 e. The average Bonchev–Trinajstić information content (AvgIpc) is 2.39. The van der Waals surface area contributed by atoms with E-state index >= 15 is 0 Å². The SMILES string of the molecule is CCCC1CC(O)(Cc2ccc(CC)cn2)CCO1. The van der Waals surface area contributed by atoms with Gasteiger partial charge in [0, 0.05) is 31.3 Å². The summed E-state index contributed by atoms with van der Waals surface area (Å²) in [5.41, 5.74) is 1.59. The number of aliphatic hydroxyl groups is 1. The van der Waals surface area contributed by atoms with Crippen molar-refractivity contribution in [1.29, 1.82) is 0 Å². The summed E-state index contributed by atoms with van der Waals surface area (Å²) in [6.07, 6.45) is 7.35. The number of nitrogens with zero attached hydrogens (tertiary/aromatic N) is 1. The van der Waals surface area contributed by atoms with E-state index in [1.54, 1.807) is 0 Å². The van der Waals surface area contributed by atoms with Crippen molar-refractivity contribution in [2.45, 2.75) is 64.1 Å². The van der Waals surface area contributed by atoms with Gasteiger partial charge in [0.1, 0.15) is 0 Å². The van der Waals surface area contributed by atoms with E-state index in [1.807, 2.05) is 12.3 Å². The fourth-order valence-corrected chi connectivity index (χ4v) is 2.77. The summed E-state index contributed by atoms with van der Waals surface area (Å²) in [6, 6.07) is 4.15. The molecule has 0 radical (unpaired) electrons. The van der Waals surface area contributed by atoms with Crippen molar-refractivity contribution in [3.63, 3.8) is 0 Å². The molecule has 2 unspecified atom stereocenters. The summed E-state index contributed by atoms with van der Waals surface area (Å²) in [6.45, 7) is 4.94. The van der Waals surface area contributed by atoms with Crippen LogP contribution in [0, 0.1) is 0 Å². The van der Waals surface area contributed by atoms with Gasteiger partial charge in [-0.3, -0.25) is 4.98 Å². The zero-order valence-electron chi connectivity index (χ0n) is 12.1. The molecule has 1 aliphatic heterocycles. The van der Waals surface area contributed by atoms with Crippen LogP contribution in [0.3, 0.4) is 0 Å². The van der Waals surface area contributed by atoms with Crippen molar-refractivity contribution >= 4 is 0 Å².